The molecule has 1 unspecified atom stereocenters. The van der Waals surface area contributed by atoms with Crippen molar-refractivity contribution in [3.63, 3.8) is 0 Å². The average Bonchev–Trinajstić information content (AvgIpc) is 2.48. The van der Waals surface area contributed by atoms with Crippen molar-refractivity contribution in [3.8, 4) is 5.88 Å². The number of pyridine rings is 1. The van der Waals surface area contributed by atoms with Crippen LogP contribution in [0.3, 0.4) is 0 Å². The molecule has 3 nitrogen and oxygen atoms in total. The van der Waals surface area contributed by atoms with Crippen molar-refractivity contribution in [3.05, 3.63) is 59.3 Å². The summed E-state index contributed by atoms with van der Waals surface area (Å²) in [5.41, 5.74) is 9.06. The molecule has 1 aromatic carbocycles. The fraction of sp³-hybridized carbons (Fsp3) is 0.250. The van der Waals surface area contributed by atoms with E-state index in [4.69, 9.17) is 22.7 Å². The van der Waals surface area contributed by atoms with Crippen molar-refractivity contribution in [2.45, 2.75) is 25.4 Å². The fourth-order valence-corrected chi connectivity index (χ4v) is 2.73. The summed E-state index contributed by atoms with van der Waals surface area (Å²) >= 11 is 4.98. The SMILES string of the molecule is NC(=S)c1ccnc(OC2CCCc3ccccc32)c1. The molecule has 0 saturated carbocycles. The van der Waals surface area contributed by atoms with Crippen LogP contribution in [0.15, 0.2) is 42.6 Å². The van der Waals surface area contributed by atoms with E-state index in [0.717, 1.165) is 24.8 Å². The number of ether oxygens (including phenoxy) is 1. The maximum Gasteiger partial charge on any atom is 0.214 e. The smallest absolute Gasteiger partial charge is 0.214 e. The Morgan fingerprint density at radius 2 is 2.15 bits per heavy atom. The van der Waals surface area contributed by atoms with E-state index < -0.39 is 0 Å². The molecule has 3 rings (SSSR count). The van der Waals surface area contributed by atoms with Crippen LogP contribution < -0.4 is 10.5 Å². The van der Waals surface area contributed by atoms with Crippen molar-refractivity contribution in [2.75, 3.05) is 0 Å². The summed E-state index contributed by atoms with van der Waals surface area (Å²) in [7, 11) is 0. The van der Waals surface area contributed by atoms with E-state index in [2.05, 4.69) is 29.2 Å². The molecule has 1 heterocycles. The summed E-state index contributed by atoms with van der Waals surface area (Å²) < 4.78 is 6.05. The molecule has 0 spiro atoms. The Labute approximate surface area is 123 Å². The third-order valence-electron chi connectivity index (χ3n) is 3.60. The van der Waals surface area contributed by atoms with Gasteiger partial charge in [0, 0.05) is 17.8 Å². The molecule has 0 aliphatic heterocycles. The minimum Gasteiger partial charge on any atom is -0.469 e. The summed E-state index contributed by atoms with van der Waals surface area (Å²) in [5.74, 6) is 0.581. The highest BCUT2D eigenvalue weighted by Crippen LogP contribution is 2.32. The minimum absolute atomic E-state index is 0.0639. The lowest BCUT2D eigenvalue weighted by atomic mass is 9.89. The zero-order valence-electron chi connectivity index (χ0n) is 11.1. The van der Waals surface area contributed by atoms with Gasteiger partial charge in [0.25, 0.3) is 0 Å². The molecule has 0 saturated heterocycles. The Morgan fingerprint density at radius 1 is 1.30 bits per heavy atom. The first-order valence-electron chi connectivity index (χ1n) is 6.74. The van der Waals surface area contributed by atoms with Crippen molar-refractivity contribution >= 4 is 17.2 Å². The molecule has 1 aliphatic carbocycles. The normalized spacial score (nSPS) is 17.3. The van der Waals surface area contributed by atoms with E-state index in [1.165, 1.54) is 11.1 Å². The molecule has 1 atom stereocenters. The van der Waals surface area contributed by atoms with E-state index in [9.17, 15) is 0 Å². The third kappa shape index (κ3) is 2.65. The molecular weight excluding hydrogens is 268 g/mol. The third-order valence-corrected chi connectivity index (χ3v) is 3.83. The predicted molar refractivity (Wildman–Crippen MR) is 82.9 cm³/mol. The van der Waals surface area contributed by atoms with Crippen LogP contribution in [0.5, 0.6) is 5.88 Å². The Bertz CT molecular complexity index is 642. The van der Waals surface area contributed by atoms with E-state index in [1.54, 1.807) is 18.3 Å². The van der Waals surface area contributed by atoms with Crippen LogP contribution in [0, 0.1) is 0 Å². The maximum atomic E-state index is 6.05. The summed E-state index contributed by atoms with van der Waals surface area (Å²) in [6, 6.07) is 12.0. The molecule has 4 heteroatoms. The van der Waals surface area contributed by atoms with Crippen LogP contribution in [0.4, 0.5) is 0 Å². The standard InChI is InChI=1S/C16H16N2OS/c17-16(20)12-8-9-18-15(10-12)19-14-7-3-5-11-4-1-2-6-13(11)14/h1-2,4,6,8-10,14H,3,5,7H2,(H2,17,20). The first-order chi connectivity index (χ1) is 9.74. The van der Waals surface area contributed by atoms with Gasteiger partial charge in [0.1, 0.15) is 11.1 Å². The van der Waals surface area contributed by atoms with Gasteiger partial charge in [0.15, 0.2) is 0 Å². The van der Waals surface area contributed by atoms with Crippen LogP contribution in [0.1, 0.15) is 35.6 Å². The van der Waals surface area contributed by atoms with Gasteiger partial charge in [-0.2, -0.15) is 0 Å². The molecule has 1 aromatic heterocycles. The summed E-state index contributed by atoms with van der Waals surface area (Å²) in [4.78, 5) is 4.61. The number of hydrogen-bond donors (Lipinski definition) is 1. The van der Waals surface area contributed by atoms with Gasteiger partial charge < -0.3 is 10.5 Å². The van der Waals surface area contributed by atoms with Gasteiger partial charge in [-0.05, 0) is 36.5 Å². The number of aromatic nitrogens is 1. The van der Waals surface area contributed by atoms with Gasteiger partial charge in [-0.25, -0.2) is 4.98 Å². The number of nitrogens with two attached hydrogens (primary N) is 1. The van der Waals surface area contributed by atoms with Gasteiger partial charge in [0.05, 0.1) is 0 Å². The van der Waals surface area contributed by atoms with E-state index in [1.807, 2.05) is 0 Å². The van der Waals surface area contributed by atoms with Crippen LogP contribution in [0.2, 0.25) is 0 Å². The van der Waals surface area contributed by atoms with Gasteiger partial charge in [-0.15, -0.1) is 0 Å². The summed E-state index contributed by atoms with van der Waals surface area (Å²) in [6.07, 6.45) is 5.01. The molecule has 0 bridgehead atoms. The van der Waals surface area contributed by atoms with Crippen LogP contribution in [0.25, 0.3) is 0 Å². The Hall–Kier alpha value is -1.94. The Morgan fingerprint density at radius 3 is 3.00 bits per heavy atom. The van der Waals surface area contributed by atoms with Crippen molar-refractivity contribution in [2.24, 2.45) is 5.73 Å². The molecule has 0 radical (unpaired) electrons. The zero-order chi connectivity index (χ0) is 13.9. The van der Waals surface area contributed by atoms with Gasteiger partial charge >= 0.3 is 0 Å². The van der Waals surface area contributed by atoms with Crippen LogP contribution >= 0.6 is 12.2 Å². The fourth-order valence-electron chi connectivity index (χ4n) is 2.60. The number of benzene rings is 1. The van der Waals surface area contributed by atoms with Crippen LogP contribution in [-0.4, -0.2) is 9.97 Å². The number of thiocarbonyl (C=S) groups is 1. The topological polar surface area (TPSA) is 48.1 Å². The van der Waals surface area contributed by atoms with E-state index >= 15 is 0 Å². The second-order valence-electron chi connectivity index (χ2n) is 4.94. The predicted octanol–water partition coefficient (Wildman–Crippen LogP) is 3.17. The molecule has 2 aromatic rings. The Kier molecular flexibility index (Phi) is 3.65. The maximum absolute atomic E-state index is 6.05. The highest BCUT2D eigenvalue weighted by atomic mass is 32.1. The summed E-state index contributed by atoms with van der Waals surface area (Å²) in [5, 5.41) is 0. The first-order valence-corrected chi connectivity index (χ1v) is 7.15. The molecule has 2 N–H and O–H groups in total. The Balaban J connectivity index is 1.85. The van der Waals surface area contributed by atoms with Gasteiger partial charge in [-0.1, -0.05) is 36.5 Å². The van der Waals surface area contributed by atoms with Crippen molar-refractivity contribution in [1.29, 1.82) is 0 Å². The van der Waals surface area contributed by atoms with Gasteiger partial charge in [0.2, 0.25) is 5.88 Å². The number of rotatable bonds is 3. The molecule has 0 fully saturated rings. The largest absolute Gasteiger partial charge is 0.469 e. The quantitative estimate of drug-likeness (QED) is 0.879. The van der Waals surface area contributed by atoms with E-state index in [-0.39, 0.29) is 6.10 Å². The number of fused-ring (bicyclic) bond motifs is 1. The molecule has 1 aliphatic rings. The lowest BCUT2D eigenvalue weighted by Gasteiger charge is -2.25. The molecule has 102 valence electrons. The summed E-state index contributed by atoms with van der Waals surface area (Å²) in [6.45, 7) is 0. The molecule has 20 heavy (non-hydrogen) atoms. The zero-order valence-corrected chi connectivity index (χ0v) is 11.9. The second-order valence-corrected chi connectivity index (χ2v) is 5.38. The van der Waals surface area contributed by atoms with Crippen LogP contribution in [-0.2, 0) is 6.42 Å². The number of aryl methyl sites for hydroxylation is 1. The van der Waals surface area contributed by atoms with Crippen molar-refractivity contribution < 1.29 is 4.74 Å². The lowest BCUT2D eigenvalue weighted by Crippen LogP contribution is -2.16. The minimum atomic E-state index is 0.0639. The lowest BCUT2D eigenvalue weighted by molar-refractivity contribution is 0.176. The molecule has 0 amide bonds. The molecular formula is C16H16N2OS. The first kappa shape index (κ1) is 13.1. The highest BCUT2D eigenvalue weighted by molar-refractivity contribution is 7.80. The number of nitrogens with zero attached hydrogens (tertiary/aromatic N) is 1. The van der Waals surface area contributed by atoms with Crippen molar-refractivity contribution in [1.82, 2.24) is 4.98 Å². The number of hydrogen-bond acceptors (Lipinski definition) is 3. The highest BCUT2D eigenvalue weighted by Gasteiger charge is 2.21. The second kappa shape index (κ2) is 5.59. The van der Waals surface area contributed by atoms with Gasteiger partial charge in [-0.3, -0.25) is 0 Å². The monoisotopic (exact) mass is 284 g/mol. The van der Waals surface area contributed by atoms with E-state index in [0.29, 0.717) is 10.9 Å². The average molecular weight is 284 g/mol.